The number of benzene rings is 10. The van der Waals surface area contributed by atoms with Crippen molar-refractivity contribution in [2.24, 2.45) is 0 Å². The van der Waals surface area contributed by atoms with Crippen LogP contribution in [-0.4, -0.2) is 0 Å². The van der Waals surface area contributed by atoms with E-state index in [0.29, 0.717) is 0 Å². The van der Waals surface area contributed by atoms with Crippen LogP contribution in [0.15, 0.2) is 273 Å². The van der Waals surface area contributed by atoms with Gasteiger partial charge in [0.25, 0.3) is 0 Å². The molecule has 0 saturated carbocycles. The molecular weight excluding hydrogens is 791 g/mol. The van der Waals surface area contributed by atoms with Crippen LogP contribution in [0.2, 0.25) is 0 Å². The summed E-state index contributed by atoms with van der Waals surface area (Å²) in [6.45, 7) is 0. The van der Waals surface area contributed by atoms with E-state index in [4.69, 9.17) is 0 Å². The molecule has 312 valence electrons. The lowest BCUT2D eigenvalue weighted by molar-refractivity contribution is 1.28. The Bertz CT molecular complexity index is 3010. The number of para-hydroxylation sites is 5. The molecule has 10 aromatic rings. The molecule has 0 aromatic heterocycles. The van der Waals surface area contributed by atoms with E-state index in [-0.39, 0.29) is 0 Å². The Morgan fingerprint density at radius 2 is 0.415 bits per heavy atom. The summed E-state index contributed by atoms with van der Waals surface area (Å²) < 4.78 is 0. The number of hydrogen-bond acceptors (Lipinski definition) is 5. The van der Waals surface area contributed by atoms with Gasteiger partial charge >= 0.3 is 0 Å². The molecule has 0 aliphatic rings. The summed E-state index contributed by atoms with van der Waals surface area (Å²) >= 11 is 0. The third kappa shape index (κ3) is 9.36. The molecule has 0 fully saturated rings. The SMILES string of the molecule is c1ccc(Nc2ccc(N(c3ccccc3)c3cccc(-c4cccc(N(c5ccccc5)c5ccc(Nc6ccc(N(c7ccccc7)c7ccccc7)cc6)cc5)c4)c3)cc2)cc1. The van der Waals surface area contributed by atoms with Crippen LogP contribution in [-0.2, 0) is 0 Å². The van der Waals surface area contributed by atoms with Crippen molar-refractivity contribution in [3.8, 4) is 11.1 Å². The van der Waals surface area contributed by atoms with Gasteiger partial charge in [-0.1, -0.05) is 115 Å². The van der Waals surface area contributed by atoms with Crippen LogP contribution in [0.4, 0.5) is 73.9 Å². The number of anilines is 13. The summed E-state index contributed by atoms with van der Waals surface area (Å²) in [4.78, 5) is 6.89. The zero-order valence-corrected chi connectivity index (χ0v) is 35.8. The molecule has 0 aliphatic heterocycles. The first-order valence-electron chi connectivity index (χ1n) is 21.9. The predicted molar refractivity (Wildman–Crippen MR) is 275 cm³/mol. The quantitative estimate of drug-likeness (QED) is 0.114. The highest BCUT2D eigenvalue weighted by Crippen LogP contribution is 2.41. The topological polar surface area (TPSA) is 33.8 Å². The second-order valence-electron chi connectivity index (χ2n) is 15.7. The summed E-state index contributed by atoms with van der Waals surface area (Å²) in [7, 11) is 0. The van der Waals surface area contributed by atoms with Crippen LogP contribution in [0.3, 0.4) is 0 Å². The molecule has 5 heteroatoms. The zero-order valence-electron chi connectivity index (χ0n) is 35.8. The van der Waals surface area contributed by atoms with Crippen molar-refractivity contribution in [3.63, 3.8) is 0 Å². The lowest BCUT2D eigenvalue weighted by atomic mass is 10.0. The van der Waals surface area contributed by atoms with E-state index < -0.39 is 0 Å². The fourth-order valence-corrected chi connectivity index (χ4v) is 8.24. The van der Waals surface area contributed by atoms with Crippen molar-refractivity contribution >= 4 is 73.9 Å². The Morgan fingerprint density at radius 1 is 0.185 bits per heavy atom. The Labute approximate surface area is 381 Å². The van der Waals surface area contributed by atoms with Crippen LogP contribution >= 0.6 is 0 Å². The third-order valence-electron chi connectivity index (χ3n) is 11.3. The summed E-state index contributed by atoms with van der Waals surface area (Å²) in [6.07, 6.45) is 0. The highest BCUT2D eigenvalue weighted by molar-refractivity contribution is 5.84. The van der Waals surface area contributed by atoms with E-state index >= 15 is 0 Å². The smallest absolute Gasteiger partial charge is 0.0467 e. The average molecular weight is 838 g/mol. The van der Waals surface area contributed by atoms with Crippen molar-refractivity contribution in [3.05, 3.63) is 273 Å². The van der Waals surface area contributed by atoms with Gasteiger partial charge in [-0.15, -0.1) is 0 Å². The van der Waals surface area contributed by atoms with Gasteiger partial charge in [0.15, 0.2) is 0 Å². The Hall–Kier alpha value is -8.80. The predicted octanol–water partition coefficient (Wildman–Crippen LogP) is 17.3. The fraction of sp³-hybridized carbons (Fsp3) is 0. The molecule has 0 spiro atoms. The maximum Gasteiger partial charge on any atom is 0.0467 e. The van der Waals surface area contributed by atoms with Crippen LogP contribution in [0.1, 0.15) is 0 Å². The molecule has 0 atom stereocenters. The molecule has 10 rings (SSSR count). The first kappa shape index (κ1) is 40.3. The van der Waals surface area contributed by atoms with Crippen molar-refractivity contribution in [2.45, 2.75) is 0 Å². The maximum atomic E-state index is 3.63. The second kappa shape index (κ2) is 19.1. The number of nitrogens with one attached hydrogen (secondary N) is 2. The highest BCUT2D eigenvalue weighted by atomic mass is 15.2. The molecule has 0 heterocycles. The molecule has 2 N–H and O–H groups in total. The molecule has 65 heavy (non-hydrogen) atoms. The number of hydrogen-bond donors (Lipinski definition) is 2. The number of nitrogens with zero attached hydrogens (tertiary/aromatic N) is 3. The van der Waals surface area contributed by atoms with Crippen molar-refractivity contribution < 1.29 is 0 Å². The van der Waals surface area contributed by atoms with Crippen LogP contribution in [0, 0.1) is 0 Å². The van der Waals surface area contributed by atoms with Crippen LogP contribution in [0.25, 0.3) is 11.1 Å². The van der Waals surface area contributed by atoms with Gasteiger partial charge in [0.05, 0.1) is 0 Å². The van der Waals surface area contributed by atoms with Crippen LogP contribution < -0.4 is 25.3 Å². The Morgan fingerprint density at radius 3 is 0.723 bits per heavy atom. The van der Waals surface area contributed by atoms with Gasteiger partial charge < -0.3 is 25.3 Å². The van der Waals surface area contributed by atoms with E-state index in [1.807, 2.05) is 30.3 Å². The number of rotatable bonds is 14. The van der Waals surface area contributed by atoms with Crippen molar-refractivity contribution in [1.82, 2.24) is 0 Å². The molecule has 0 amide bonds. The lowest BCUT2D eigenvalue weighted by Crippen LogP contribution is -2.10. The van der Waals surface area contributed by atoms with Gasteiger partial charge in [-0.25, -0.2) is 0 Å². The standard InChI is InChI=1S/C60H47N5/c1-6-20-48(21-7-1)61-49-34-40-57(41-35-49)64(54-26-12-4-13-27-54)59-30-16-18-46(44-59)47-19-17-31-60(45-47)65(55-28-14-5-15-29-55)58-42-36-51(37-43-58)62-50-32-38-56(39-33-50)63(52-22-8-2-9-23-52)53-24-10-3-11-25-53/h1-45,61-62H. The van der Waals surface area contributed by atoms with Gasteiger partial charge in [0.1, 0.15) is 0 Å². The first-order valence-corrected chi connectivity index (χ1v) is 21.9. The fourth-order valence-electron chi connectivity index (χ4n) is 8.24. The molecule has 0 radical (unpaired) electrons. The van der Waals surface area contributed by atoms with E-state index in [9.17, 15) is 0 Å². The van der Waals surface area contributed by atoms with E-state index in [1.165, 1.54) is 0 Å². The minimum atomic E-state index is 1.01. The van der Waals surface area contributed by atoms with Gasteiger partial charge in [-0.2, -0.15) is 0 Å². The van der Waals surface area contributed by atoms with E-state index in [2.05, 4.69) is 268 Å². The minimum absolute atomic E-state index is 1.01. The third-order valence-corrected chi connectivity index (χ3v) is 11.3. The molecule has 0 aliphatic carbocycles. The van der Waals surface area contributed by atoms with Gasteiger partial charge in [0, 0.05) is 73.9 Å². The summed E-state index contributed by atoms with van der Waals surface area (Å²) in [5.41, 5.74) is 16.1. The molecule has 0 unspecified atom stereocenters. The first-order chi connectivity index (χ1) is 32.2. The van der Waals surface area contributed by atoms with Crippen molar-refractivity contribution in [1.29, 1.82) is 0 Å². The minimum Gasteiger partial charge on any atom is -0.356 e. The molecule has 10 aromatic carbocycles. The van der Waals surface area contributed by atoms with Gasteiger partial charge in [-0.3, -0.25) is 0 Å². The second-order valence-corrected chi connectivity index (χ2v) is 15.7. The normalized spacial score (nSPS) is 10.8. The largest absolute Gasteiger partial charge is 0.356 e. The average Bonchev–Trinajstić information content (AvgIpc) is 3.38. The van der Waals surface area contributed by atoms with E-state index in [0.717, 1.165) is 85.1 Å². The van der Waals surface area contributed by atoms with Gasteiger partial charge in [0.2, 0.25) is 0 Å². The van der Waals surface area contributed by atoms with Gasteiger partial charge in [-0.05, 0) is 169 Å². The maximum absolute atomic E-state index is 3.63. The zero-order chi connectivity index (χ0) is 43.6. The monoisotopic (exact) mass is 837 g/mol. The summed E-state index contributed by atoms with van der Waals surface area (Å²) in [5.74, 6) is 0. The molecule has 5 nitrogen and oxygen atoms in total. The van der Waals surface area contributed by atoms with Crippen LogP contribution in [0.5, 0.6) is 0 Å². The summed E-state index contributed by atoms with van der Waals surface area (Å²) in [5, 5.41) is 7.15. The van der Waals surface area contributed by atoms with Crippen molar-refractivity contribution in [2.75, 3.05) is 25.3 Å². The lowest BCUT2D eigenvalue weighted by Gasteiger charge is -2.27. The molecule has 0 saturated heterocycles. The van der Waals surface area contributed by atoms with E-state index in [1.54, 1.807) is 0 Å². The molecule has 0 bridgehead atoms. The molecular formula is C60H47N5. The highest BCUT2D eigenvalue weighted by Gasteiger charge is 2.17. The Kier molecular flexibility index (Phi) is 11.8. The summed E-state index contributed by atoms with van der Waals surface area (Å²) in [6, 6.07) is 95.8. The Balaban J connectivity index is 0.914.